The molecule has 26 heavy (non-hydrogen) atoms. The highest BCUT2D eigenvalue weighted by molar-refractivity contribution is 7.99. The number of carbonyl (C=O) groups excluding carboxylic acids is 1. The highest BCUT2D eigenvalue weighted by Crippen LogP contribution is 2.38. The Kier molecular flexibility index (Phi) is 11.2. The summed E-state index contributed by atoms with van der Waals surface area (Å²) < 4.78 is 5.61. The lowest BCUT2D eigenvalue weighted by molar-refractivity contribution is -0.139. The van der Waals surface area contributed by atoms with Crippen molar-refractivity contribution in [2.24, 2.45) is 5.41 Å². The standard InChI is InChI=1S/C17H32N2O3S.CH2O2/c1-3-10-22-11-9-18-8-5-15(20)17(13-18)6-4-7-19(14-17)16(21)12-23-2;2-1-3/h15,20H,3-14H2,1-2H3;1H,(H,2,3)/t15-,17-;/m1./s1. The number of ether oxygens (including phenoxy) is 1. The fourth-order valence-corrected chi connectivity index (χ4v) is 4.29. The minimum Gasteiger partial charge on any atom is -0.483 e. The number of nitrogens with zero attached hydrogens (tertiary/aromatic N) is 2. The Morgan fingerprint density at radius 3 is 2.73 bits per heavy atom. The van der Waals surface area contributed by atoms with Crippen LogP contribution in [-0.2, 0) is 14.3 Å². The number of amides is 1. The van der Waals surface area contributed by atoms with Gasteiger partial charge in [0.05, 0.1) is 18.5 Å². The lowest BCUT2D eigenvalue weighted by Gasteiger charge is -2.51. The van der Waals surface area contributed by atoms with Crippen molar-refractivity contribution < 1.29 is 24.5 Å². The van der Waals surface area contributed by atoms with Crippen LogP contribution in [0.1, 0.15) is 32.6 Å². The third-order valence-electron chi connectivity index (χ3n) is 5.09. The maximum absolute atomic E-state index is 12.2. The minimum atomic E-state index is -0.291. The molecule has 0 unspecified atom stereocenters. The van der Waals surface area contributed by atoms with Crippen molar-refractivity contribution in [3.8, 4) is 0 Å². The van der Waals surface area contributed by atoms with Gasteiger partial charge in [0.2, 0.25) is 5.91 Å². The number of carbonyl (C=O) groups is 2. The molecule has 0 aliphatic carbocycles. The second-order valence-electron chi connectivity index (χ2n) is 7.01. The average Bonchev–Trinajstić information content (AvgIpc) is 2.63. The van der Waals surface area contributed by atoms with Crippen molar-refractivity contribution >= 4 is 24.1 Å². The minimum absolute atomic E-state index is 0.144. The maximum atomic E-state index is 12.2. The smallest absolute Gasteiger partial charge is 0.290 e. The molecule has 2 fully saturated rings. The SMILES string of the molecule is CCCOCCN1CC[C@@H](O)[C@]2(CCCN(C(=O)CSC)C2)C1.O=CO. The molecule has 0 aromatic carbocycles. The Morgan fingerprint density at radius 1 is 1.35 bits per heavy atom. The van der Waals surface area contributed by atoms with Gasteiger partial charge >= 0.3 is 0 Å². The Hall–Kier alpha value is -0.830. The third-order valence-corrected chi connectivity index (χ3v) is 5.63. The van der Waals surface area contributed by atoms with Crippen LogP contribution in [0.5, 0.6) is 0 Å². The first kappa shape index (κ1) is 23.2. The lowest BCUT2D eigenvalue weighted by Crippen LogP contribution is -2.60. The molecule has 2 aliphatic rings. The number of thioether (sulfide) groups is 1. The number of carboxylic acid groups (broad SMARTS) is 1. The van der Waals surface area contributed by atoms with Gasteiger partial charge in [-0.05, 0) is 31.9 Å². The molecule has 0 radical (unpaired) electrons. The zero-order chi connectivity index (χ0) is 19.4. The fraction of sp³-hybridized carbons (Fsp3) is 0.889. The molecule has 152 valence electrons. The van der Waals surface area contributed by atoms with E-state index < -0.39 is 0 Å². The van der Waals surface area contributed by atoms with Gasteiger partial charge in [0.25, 0.3) is 6.47 Å². The molecule has 2 atom stereocenters. The van der Waals surface area contributed by atoms with E-state index in [1.165, 1.54) is 0 Å². The van der Waals surface area contributed by atoms with E-state index in [0.717, 1.165) is 65.1 Å². The number of hydrogen-bond acceptors (Lipinski definition) is 6. The summed E-state index contributed by atoms with van der Waals surface area (Å²) in [5.74, 6) is 0.757. The highest BCUT2D eigenvalue weighted by Gasteiger charge is 2.46. The fourth-order valence-electron chi connectivity index (χ4n) is 3.86. The molecule has 7 nitrogen and oxygen atoms in total. The van der Waals surface area contributed by atoms with Crippen LogP contribution in [0.4, 0.5) is 0 Å². The van der Waals surface area contributed by atoms with Crippen LogP contribution in [0.2, 0.25) is 0 Å². The molecule has 2 N–H and O–H groups in total. The van der Waals surface area contributed by atoms with Gasteiger partial charge in [0, 0.05) is 44.7 Å². The summed E-state index contributed by atoms with van der Waals surface area (Å²) in [5, 5.41) is 17.5. The van der Waals surface area contributed by atoms with Gasteiger partial charge in [-0.3, -0.25) is 9.59 Å². The topological polar surface area (TPSA) is 90.3 Å². The largest absolute Gasteiger partial charge is 0.483 e. The van der Waals surface area contributed by atoms with Crippen molar-refractivity contribution in [3.63, 3.8) is 0 Å². The Labute approximate surface area is 161 Å². The first-order valence-corrected chi connectivity index (χ1v) is 10.7. The van der Waals surface area contributed by atoms with E-state index in [2.05, 4.69) is 11.8 Å². The summed E-state index contributed by atoms with van der Waals surface area (Å²) in [6.45, 7) is 7.73. The van der Waals surface area contributed by atoms with Gasteiger partial charge in [-0.1, -0.05) is 6.92 Å². The number of aliphatic hydroxyl groups is 1. The summed E-state index contributed by atoms with van der Waals surface area (Å²) in [6, 6.07) is 0. The van der Waals surface area contributed by atoms with E-state index in [1.807, 2.05) is 11.2 Å². The van der Waals surface area contributed by atoms with E-state index in [4.69, 9.17) is 14.6 Å². The van der Waals surface area contributed by atoms with Gasteiger partial charge in [-0.2, -0.15) is 11.8 Å². The molecule has 2 aliphatic heterocycles. The quantitative estimate of drug-likeness (QED) is 0.498. The molecule has 2 saturated heterocycles. The van der Waals surface area contributed by atoms with Crippen LogP contribution in [-0.4, -0.2) is 96.4 Å². The Balaban J connectivity index is 0.00000105. The van der Waals surface area contributed by atoms with Gasteiger partial charge in [0.15, 0.2) is 0 Å². The van der Waals surface area contributed by atoms with Gasteiger partial charge in [-0.25, -0.2) is 0 Å². The van der Waals surface area contributed by atoms with Crippen LogP contribution in [0.15, 0.2) is 0 Å². The zero-order valence-corrected chi connectivity index (χ0v) is 16.9. The van der Waals surface area contributed by atoms with Crippen LogP contribution < -0.4 is 0 Å². The highest BCUT2D eigenvalue weighted by atomic mass is 32.2. The van der Waals surface area contributed by atoms with Crippen LogP contribution in [0, 0.1) is 5.41 Å². The molecule has 8 heteroatoms. The van der Waals surface area contributed by atoms with Crippen molar-refractivity contribution in [1.82, 2.24) is 9.80 Å². The van der Waals surface area contributed by atoms with Crippen molar-refractivity contribution in [2.75, 3.05) is 57.9 Å². The first-order chi connectivity index (χ1) is 12.5. The van der Waals surface area contributed by atoms with Crippen molar-refractivity contribution in [2.45, 2.75) is 38.7 Å². The van der Waals surface area contributed by atoms with Crippen LogP contribution >= 0.6 is 11.8 Å². The lowest BCUT2D eigenvalue weighted by atomic mass is 9.71. The van der Waals surface area contributed by atoms with Gasteiger partial charge in [0.1, 0.15) is 0 Å². The molecular formula is C18H34N2O5S. The third kappa shape index (κ3) is 7.06. The summed E-state index contributed by atoms with van der Waals surface area (Å²) in [6.07, 6.45) is 5.54. The van der Waals surface area contributed by atoms with Gasteiger partial charge < -0.3 is 24.7 Å². The number of rotatable bonds is 7. The molecule has 2 heterocycles. The number of piperidine rings is 2. The maximum Gasteiger partial charge on any atom is 0.290 e. The molecule has 0 aromatic heterocycles. The summed E-state index contributed by atoms with van der Waals surface area (Å²) in [4.78, 5) is 25.0. The molecule has 2 rings (SSSR count). The summed E-state index contributed by atoms with van der Waals surface area (Å²) in [7, 11) is 0. The van der Waals surface area contributed by atoms with E-state index >= 15 is 0 Å². The number of aliphatic hydroxyl groups excluding tert-OH is 1. The Morgan fingerprint density at radius 2 is 2.08 bits per heavy atom. The summed E-state index contributed by atoms with van der Waals surface area (Å²) in [5.41, 5.74) is -0.144. The van der Waals surface area contributed by atoms with E-state index in [1.54, 1.807) is 11.8 Å². The van der Waals surface area contributed by atoms with Crippen LogP contribution in [0.3, 0.4) is 0 Å². The van der Waals surface area contributed by atoms with Gasteiger partial charge in [-0.15, -0.1) is 0 Å². The van der Waals surface area contributed by atoms with Crippen molar-refractivity contribution in [3.05, 3.63) is 0 Å². The molecule has 0 bridgehead atoms. The number of likely N-dealkylation sites (tertiary alicyclic amines) is 2. The first-order valence-electron chi connectivity index (χ1n) is 9.35. The molecule has 0 aromatic rings. The summed E-state index contributed by atoms with van der Waals surface area (Å²) >= 11 is 1.57. The predicted molar refractivity (Wildman–Crippen MR) is 103 cm³/mol. The molecular weight excluding hydrogens is 356 g/mol. The second kappa shape index (κ2) is 12.5. The normalized spacial score (nSPS) is 26.3. The monoisotopic (exact) mass is 390 g/mol. The molecule has 0 saturated carbocycles. The molecule has 1 amide bonds. The van der Waals surface area contributed by atoms with E-state index in [9.17, 15) is 9.90 Å². The zero-order valence-electron chi connectivity index (χ0n) is 16.1. The van der Waals surface area contributed by atoms with E-state index in [-0.39, 0.29) is 23.9 Å². The predicted octanol–water partition coefficient (Wildman–Crippen LogP) is 1.15. The van der Waals surface area contributed by atoms with E-state index in [0.29, 0.717) is 12.3 Å². The Bertz CT molecular complexity index is 426. The second-order valence-corrected chi connectivity index (χ2v) is 7.88. The average molecular weight is 391 g/mol. The van der Waals surface area contributed by atoms with Crippen LogP contribution in [0.25, 0.3) is 0 Å². The number of hydrogen-bond donors (Lipinski definition) is 2. The van der Waals surface area contributed by atoms with Crippen molar-refractivity contribution in [1.29, 1.82) is 0 Å². The molecule has 1 spiro atoms.